The first-order valence-corrected chi connectivity index (χ1v) is 9.08. The second kappa shape index (κ2) is 7.19. The van der Waals surface area contributed by atoms with Gasteiger partial charge >= 0.3 is 0 Å². The van der Waals surface area contributed by atoms with Crippen molar-refractivity contribution in [3.05, 3.63) is 59.7 Å². The minimum Gasteiger partial charge on any atom is -0.396 e. The largest absolute Gasteiger partial charge is 0.396 e. The second-order valence-electron chi connectivity index (χ2n) is 6.93. The molecule has 0 radical (unpaired) electrons. The number of hydrogen-bond acceptors (Lipinski definition) is 4. The van der Waals surface area contributed by atoms with E-state index in [9.17, 15) is 5.11 Å². The van der Waals surface area contributed by atoms with E-state index in [1.807, 2.05) is 42.5 Å². The summed E-state index contributed by atoms with van der Waals surface area (Å²) in [6, 6.07) is 18.1. The van der Waals surface area contributed by atoms with Gasteiger partial charge in [0, 0.05) is 19.7 Å². The van der Waals surface area contributed by atoms with Crippen LogP contribution in [0.25, 0.3) is 11.0 Å². The monoisotopic (exact) mass is 346 g/mol. The maximum atomic E-state index is 9.57. The van der Waals surface area contributed by atoms with Crippen LogP contribution < -0.4 is 4.90 Å². The van der Waals surface area contributed by atoms with E-state index in [-0.39, 0.29) is 6.61 Å². The van der Waals surface area contributed by atoms with Gasteiger partial charge in [0.05, 0.1) is 29.2 Å². The smallest absolute Gasteiger partial charge is 0.206 e. The Morgan fingerprint density at radius 2 is 1.96 bits per heavy atom. The molecule has 132 valence electrons. The highest BCUT2D eigenvalue weighted by molar-refractivity contribution is 5.79. The van der Waals surface area contributed by atoms with Gasteiger partial charge in [0.2, 0.25) is 5.95 Å². The van der Waals surface area contributed by atoms with E-state index in [1.54, 1.807) is 0 Å². The lowest BCUT2D eigenvalue weighted by Crippen LogP contribution is -2.38. The number of nitriles is 1. The van der Waals surface area contributed by atoms with Crippen molar-refractivity contribution >= 4 is 17.0 Å². The lowest BCUT2D eigenvalue weighted by Gasteiger charge is -2.33. The zero-order valence-electron chi connectivity index (χ0n) is 14.7. The summed E-state index contributed by atoms with van der Waals surface area (Å²) < 4.78 is 2.25. The van der Waals surface area contributed by atoms with Crippen LogP contribution in [0.3, 0.4) is 0 Å². The minimum atomic E-state index is 0.229. The average Bonchev–Trinajstić information content (AvgIpc) is 3.07. The summed E-state index contributed by atoms with van der Waals surface area (Å²) in [6.45, 7) is 2.74. The van der Waals surface area contributed by atoms with E-state index < -0.39 is 0 Å². The number of nitrogens with zero attached hydrogens (tertiary/aromatic N) is 4. The van der Waals surface area contributed by atoms with Crippen molar-refractivity contribution in [1.82, 2.24) is 9.55 Å². The summed E-state index contributed by atoms with van der Waals surface area (Å²) in [6.07, 6.45) is 2.15. The first kappa shape index (κ1) is 16.6. The highest BCUT2D eigenvalue weighted by atomic mass is 16.3. The van der Waals surface area contributed by atoms with Crippen LogP contribution in [0.4, 0.5) is 5.95 Å². The van der Waals surface area contributed by atoms with Gasteiger partial charge in [-0.1, -0.05) is 24.3 Å². The van der Waals surface area contributed by atoms with Crippen molar-refractivity contribution < 1.29 is 5.11 Å². The molecule has 1 N–H and O–H groups in total. The van der Waals surface area contributed by atoms with Gasteiger partial charge in [-0.2, -0.15) is 5.26 Å². The van der Waals surface area contributed by atoms with E-state index in [4.69, 9.17) is 10.2 Å². The summed E-state index contributed by atoms with van der Waals surface area (Å²) in [5.74, 6) is 1.28. The summed E-state index contributed by atoms with van der Waals surface area (Å²) in [4.78, 5) is 7.19. The Labute approximate surface area is 153 Å². The number of benzene rings is 2. The third kappa shape index (κ3) is 3.16. The topological polar surface area (TPSA) is 65.1 Å². The van der Waals surface area contributed by atoms with Gasteiger partial charge in [0.1, 0.15) is 0 Å². The number of piperidine rings is 1. The highest BCUT2D eigenvalue weighted by Crippen LogP contribution is 2.27. The number of aromatic nitrogens is 2. The van der Waals surface area contributed by atoms with Crippen molar-refractivity contribution in [1.29, 1.82) is 5.26 Å². The van der Waals surface area contributed by atoms with Crippen molar-refractivity contribution in [2.24, 2.45) is 5.92 Å². The predicted octanol–water partition coefficient (Wildman–Crippen LogP) is 3.16. The van der Waals surface area contributed by atoms with Crippen LogP contribution in [-0.2, 0) is 6.54 Å². The molecule has 0 aliphatic carbocycles. The number of anilines is 1. The zero-order chi connectivity index (χ0) is 17.9. The van der Waals surface area contributed by atoms with Gasteiger partial charge in [-0.05, 0) is 48.6 Å². The lowest BCUT2D eigenvalue weighted by atomic mass is 9.99. The molecule has 5 heteroatoms. The fourth-order valence-corrected chi connectivity index (χ4v) is 3.72. The molecule has 3 aromatic rings. The Balaban J connectivity index is 1.72. The van der Waals surface area contributed by atoms with Gasteiger partial charge in [-0.25, -0.2) is 4.98 Å². The molecular formula is C21H22N4O. The molecular weight excluding hydrogens is 324 g/mol. The fourth-order valence-electron chi connectivity index (χ4n) is 3.72. The summed E-state index contributed by atoms with van der Waals surface area (Å²) in [5.41, 5.74) is 3.91. The van der Waals surface area contributed by atoms with Gasteiger partial charge in [-0.3, -0.25) is 0 Å². The maximum Gasteiger partial charge on any atom is 0.206 e. The van der Waals surface area contributed by atoms with Crippen LogP contribution >= 0.6 is 0 Å². The van der Waals surface area contributed by atoms with E-state index in [2.05, 4.69) is 21.6 Å². The first-order chi connectivity index (χ1) is 12.8. The Morgan fingerprint density at radius 3 is 2.73 bits per heavy atom. The van der Waals surface area contributed by atoms with Crippen molar-refractivity contribution in [3.63, 3.8) is 0 Å². The lowest BCUT2D eigenvalue weighted by molar-refractivity contribution is 0.208. The van der Waals surface area contributed by atoms with E-state index in [0.717, 1.165) is 48.5 Å². The molecule has 1 aliphatic heterocycles. The van der Waals surface area contributed by atoms with Gasteiger partial charge in [-0.15, -0.1) is 0 Å². The molecule has 2 aromatic carbocycles. The molecule has 0 saturated carbocycles. The van der Waals surface area contributed by atoms with E-state index >= 15 is 0 Å². The number of rotatable bonds is 4. The summed E-state index contributed by atoms with van der Waals surface area (Å²) in [7, 11) is 0. The number of aliphatic hydroxyl groups excluding tert-OH is 1. The standard InChI is InChI=1S/C21H22N4O/c22-12-16-7-9-17(10-8-16)14-25-20-6-2-1-5-19(20)23-21(25)24-11-3-4-18(13-24)15-26/h1-2,5-10,18,26H,3-4,11,13-15H2/t18-/m1/s1. The molecule has 5 nitrogen and oxygen atoms in total. The molecule has 0 spiro atoms. The maximum absolute atomic E-state index is 9.57. The average molecular weight is 346 g/mol. The SMILES string of the molecule is N#Cc1ccc(Cn2c(N3CCC[C@@H](CO)C3)nc3ccccc32)cc1. The third-order valence-corrected chi connectivity index (χ3v) is 5.12. The van der Waals surface area contributed by atoms with Crippen LogP contribution in [0.5, 0.6) is 0 Å². The van der Waals surface area contributed by atoms with Crippen LogP contribution in [-0.4, -0.2) is 34.4 Å². The van der Waals surface area contributed by atoms with Crippen LogP contribution in [0.1, 0.15) is 24.0 Å². The molecule has 0 unspecified atom stereocenters. The van der Waals surface area contributed by atoms with E-state index in [1.165, 1.54) is 0 Å². The molecule has 4 rings (SSSR count). The Hall–Kier alpha value is -2.84. The molecule has 1 saturated heterocycles. The Morgan fingerprint density at radius 1 is 1.15 bits per heavy atom. The summed E-state index contributed by atoms with van der Waals surface area (Å²) >= 11 is 0. The number of aliphatic hydroxyl groups is 1. The van der Waals surface area contributed by atoms with E-state index in [0.29, 0.717) is 18.0 Å². The molecule has 2 heterocycles. The molecule has 1 aromatic heterocycles. The molecule has 1 aliphatic rings. The molecule has 1 fully saturated rings. The zero-order valence-corrected chi connectivity index (χ0v) is 14.7. The van der Waals surface area contributed by atoms with Crippen molar-refractivity contribution in [2.45, 2.75) is 19.4 Å². The minimum absolute atomic E-state index is 0.229. The van der Waals surface area contributed by atoms with Crippen LogP contribution in [0.2, 0.25) is 0 Å². The summed E-state index contributed by atoms with van der Waals surface area (Å²) in [5, 5.41) is 18.6. The number of para-hydroxylation sites is 2. The molecule has 26 heavy (non-hydrogen) atoms. The number of imidazole rings is 1. The van der Waals surface area contributed by atoms with Crippen LogP contribution in [0, 0.1) is 17.2 Å². The number of fused-ring (bicyclic) bond motifs is 1. The second-order valence-corrected chi connectivity index (χ2v) is 6.93. The quantitative estimate of drug-likeness (QED) is 0.788. The van der Waals surface area contributed by atoms with Crippen molar-refractivity contribution in [2.75, 3.05) is 24.6 Å². The van der Waals surface area contributed by atoms with Crippen LogP contribution in [0.15, 0.2) is 48.5 Å². The normalized spacial score (nSPS) is 17.4. The molecule has 0 bridgehead atoms. The van der Waals surface area contributed by atoms with Gasteiger partial charge < -0.3 is 14.6 Å². The van der Waals surface area contributed by atoms with Gasteiger partial charge in [0.25, 0.3) is 0 Å². The van der Waals surface area contributed by atoms with Gasteiger partial charge in [0.15, 0.2) is 0 Å². The highest BCUT2D eigenvalue weighted by Gasteiger charge is 2.24. The third-order valence-electron chi connectivity index (χ3n) is 5.12. The Kier molecular flexibility index (Phi) is 4.59. The fraction of sp³-hybridized carbons (Fsp3) is 0.333. The van der Waals surface area contributed by atoms with Crippen molar-refractivity contribution in [3.8, 4) is 6.07 Å². The molecule has 0 amide bonds. The Bertz CT molecular complexity index is 939. The molecule has 1 atom stereocenters. The number of hydrogen-bond donors (Lipinski definition) is 1. The first-order valence-electron chi connectivity index (χ1n) is 9.08. The predicted molar refractivity (Wildman–Crippen MR) is 102 cm³/mol.